The van der Waals surface area contributed by atoms with Crippen LogP contribution in [0.1, 0.15) is 39.0 Å². The van der Waals surface area contributed by atoms with Crippen molar-refractivity contribution in [1.29, 1.82) is 0 Å². The molecule has 0 aromatic heterocycles. The van der Waals surface area contributed by atoms with Crippen molar-refractivity contribution in [2.75, 3.05) is 0 Å². The summed E-state index contributed by atoms with van der Waals surface area (Å²) in [4.78, 5) is 0. The van der Waals surface area contributed by atoms with Crippen LogP contribution in [0.5, 0.6) is 0 Å². The molecule has 0 bridgehead atoms. The van der Waals surface area contributed by atoms with Gasteiger partial charge in [0.15, 0.2) is 0 Å². The van der Waals surface area contributed by atoms with Gasteiger partial charge in [-0.1, -0.05) is 31.6 Å². The molecule has 2 unspecified atom stereocenters. The van der Waals surface area contributed by atoms with Gasteiger partial charge in [0.05, 0.1) is 0 Å². The Morgan fingerprint density at radius 1 is 1.50 bits per heavy atom. The molecule has 0 amide bonds. The smallest absolute Gasteiger partial charge is 0.0134 e. The van der Waals surface area contributed by atoms with E-state index >= 15 is 0 Å². The summed E-state index contributed by atoms with van der Waals surface area (Å²) in [6, 6.07) is 0. The van der Waals surface area contributed by atoms with Crippen molar-refractivity contribution in [1.82, 2.24) is 0 Å². The predicted octanol–water partition coefficient (Wildman–Crippen LogP) is 3.70. The maximum absolute atomic E-state index is 2.45. The Balaban J connectivity index is 2.20. The molecule has 0 radical (unpaired) electrons. The van der Waals surface area contributed by atoms with Gasteiger partial charge in [-0.2, -0.15) is 0 Å². The quantitative estimate of drug-likeness (QED) is 0.551. The lowest BCUT2D eigenvalue weighted by molar-refractivity contribution is 0.329. The third-order valence-electron chi connectivity index (χ3n) is 3.37. The van der Waals surface area contributed by atoms with Gasteiger partial charge in [0, 0.05) is 0 Å². The van der Waals surface area contributed by atoms with Crippen LogP contribution in [0.3, 0.4) is 0 Å². The highest BCUT2D eigenvalue weighted by Crippen LogP contribution is 2.38. The highest BCUT2D eigenvalue weighted by atomic mass is 14.3. The molecule has 66 valence electrons. The monoisotopic (exact) mass is 162 g/mol. The zero-order valence-corrected chi connectivity index (χ0v) is 7.92. The molecular formula is C12H18. The second kappa shape index (κ2) is 3.47. The molecule has 0 heterocycles. The van der Waals surface area contributed by atoms with Crippen molar-refractivity contribution in [2.24, 2.45) is 11.8 Å². The summed E-state index contributed by atoms with van der Waals surface area (Å²) in [6.07, 6.45) is 14.0. The largest absolute Gasteiger partial charge is 0.0840 e. The Hall–Kier alpha value is -0.520. The van der Waals surface area contributed by atoms with E-state index in [2.05, 4.69) is 25.2 Å². The topological polar surface area (TPSA) is 0 Å². The van der Waals surface area contributed by atoms with Crippen LogP contribution in [0.2, 0.25) is 0 Å². The molecule has 2 aliphatic rings. The van der Waals surface area contributed by atoms with Gasteiger partial charge in [0.25, 0.3) is 0 Å². The summed E-state index contributed by atoms with van der Waals surface area (Å²) in [6.45, 7) is 2.33. The van der Waals surface area contributed by atoms with Crippen molar-refractivity contribution >= 4 is 0 Å². The minimum atomic E-state index is 0.911. The Morgan fingerprint density at radius 2 is 2.42 bits per heavy atom. The number of rotatable bonds is 1. The summed E-state index contributed by atoms with van der Waals surface area (Å²) in [5.74, 6) is 1.86. The Kier molecular flexibility index (Phi) is 2.34. The van der Waals surface area contributed by atoms with Crippen LogP contribution >= 0.6 is 0 Å². The molecule has 0 aromatic carbocycles. The molecule has 0 fully saturated rings. The van der Waals surface area contributed by atoms with Crippen molar-refractivity contribution in [3.05, 3.63) is 23.8 Å². The van der Waals surface area contributed by atoms with E-state index in [1.807, 2.05) is 0 Å². The predicted molar refractivity (Wildman–Crippen MR) is 53.0 cm³/mol. The normalized spacial score (nSPS) is 34.2. The SMILES string of the molecule is CCC1CC=CC2=CCCCC21. The van der Waals surface area contributed by atoms with Gasteiger partial charge in [0.2, 0.25) is 0 Å². The minimum Gasteiger partial charge on any atom is -0.0840 e. The highest BCUT2D eigenvalue weighted by Gasteiger charge is 2.25. The maximum Gasteiger partial charge on any atom is -0.0134 e. The molecule has 0 nitrogen and oxygen atoms in total. The van der Waals surface area contributed by atoms with Crippen molar-refractivity contribution in [3.63, 3.8) is 0 Å². The molecule has 0 saturated heterocycles. The minimum absolute atomic E-state index is 0.911. The molecule has 0 aromatic rings. The van der Waals surface area contributed by atoms with Crippen LogP contribution in [0.25, 0.3) is 0 Å². The number of fused-ring (bicyclic) bond motifs is 1. The summed E-state index contributed by atoms with van der Waals surface area (Å²) >= 11 is 0. The molecule has 0 N–H and O–H groups in total. The average Bonchev–Trinajstić information content (AvgIpc) is 2.17. The Labute approximate surface area is 75.4 Å². The van der Waals surface area contributed by atoms with E-state index in [9.17, 15) is 0 Å². The standard InChI is InChI=1S/C12H18/c1-2-10-7-5-8-11-6-3-4-9-12(10)11/h5-6,8,10,12H,2-4,7,9H2,1H3. The fourth-order valence-corrected chi connectivity index (χ4v) is 2.62. The molecule has 0 heteroatoms. The van der Waals surface area contributed by atoms with E-state index < -0.39 is 0 Å². The third-order valence-corrected chi connectivity index (χ3v) is 3.37. The first-order valence-corrected chi connectivity index (χ1v) is 5.28. The molecule has 0 spiro atoms. The van der Waals surface area contributed by atoms with Crippen LogP contribution in [0, 0.1) is 11.8 Å². The van der Waals surface area contributed by atoms with E-state index in [0.29, 0.717) is 0 Å². The zero-order valence-electron chi connectivity index (χ0n) is 7.92. The molecule has 2 rings (SSSR count). The zero-order chi connectivity index (χ0) is 8.39. The van der Waals surface area contributed by atoms with Crippen LogP contribution in [0.4, 0.5) is 0 Å². The van der Waals surface area contributed by atoms with Crippen LogP contribution in [-0.4, -0.2) is 0 Å². The van der Waals surface area contributed by atoms with E-state index in [4.69, 9.17) is 0 Å². The second-order valence-corrected chi connectivity index (χ2v) is 4.05. The van der Waals surface area contributed by atoms with Gasteiger partial charge in [-0.25, -0.2) is 0 Å². The first-order valence-electron chi connectivity index (χ1n) is 5.28. The molecular weight excluding hydrogens is 144 g/mol. The van der Waals surface area contributed by atoms with E-state index in [0.717, 1.165) is 11.8 Å². The summed E-state index contributed by atoms with van der Waals surface area (Å²) in [5, 5.41) is 0. The lowest BCUT2D eigenvalue weighted by Crippen LogP contribution is -2.20. The summed E-state index contributed by atoms with van der Waals surface area (Å²) in [7, 11) is 0. The van der Waals surface area contributed by atoms with Crippen LogP contribution in [0.15, 0.2) is 23.8 Å². The van der Waals surface area contributed by atoms with E-state index in [1.165, 1.54) is 32.1 Å². The van der Waals surface area contributed by atoms with Crippen LogP contribution in [-0.2, 0) is 0 Å². The van der Waals surface area contributed by atoms with Crippen molar-refractivity contribution in [3.8, 4) is 0 Å². The molecule has 0 aliphatic heterocycles. The molecule has 2 atom stereocenters. The first kappa shape index (κ1) is 8.10. The van der Waals surface area contributed by atoms with Gasteiger partial charge in [0.1, 0.15) is 0 Å². The molecule has 2 aliphatic carbocycles. The first-order chi connectivity index (χ1) is 5.92. The Morgan fingerprint density at radius 3 is 3.25 bits per heavy atom. The number of allylic oxidation sites excluding steroid dienone is 4. The fraction of sp³-hybridized carbons (Fsp3) is 0.667. The lowest BCUT2D eigenvalue weighted by atomic mass is 9.73. The van der Waals surface area contributed by atoms with Gasteiger partial charge in [-0.3, -0.25) is 0 Å². The lowest BCUT2D eigenvalue weighted by Gasteiger charge is -2.32. The maximum atomic E-state index is 2.45. The number of hydrogen-bond donors (Lipinski definition) is 0. The van der Waals surface area contributed by atoms with Gasteiger partial charge in [-0.05, 0) is 43.1 Å². The highest BCUT2D eigenvalue weighted by molar-refractivity contribution is 5.27. The van der Waals surface area contributed by atoms with Crippen molar-refractivity contribution < 1.29 is 0 Å². The third kappa shape index (κ3) is 1.35. The summed E-state index contributed by atoms with van der Waals surface area (Å²) in [5.41, 5.74) is 1.64. The second-order valence-electron chi connectivity index (χ2n) is 4.05. The van der Waals surface area contributed by atoms with Gasteiger partial charge >= 0.3 is 0 Å². The molecule has 12 heavy (non-hydrogen) atoms. The van der Waals surface area contributed by atoms with E-state index in [-0.39, 0.29) is 0 Å². The van der Waals surface area contributed by atoms with E-state index in [1.54, 1.807) is 5.57 Å². The molecule has 0 saturated carbocycles. The number of hydrogen-bond acceptors (Lipinski definition) is 0. The fourth-order valence-electron chi connectivity index (χ4n) is 2.62. The Bertz CT molecular complexity index is 210. The summed E-state index contributed by atoms with van der Waals surface area (Å²) < 4.78 is 0. The van der Waals surface area contributed by atoms with Gasteiger partial charge in [-0.15, -0.1) is 0 Å². The average molecular weight is 162 g/mol. The van der Waals surface area contributed by atoms with Crippen LogP contribution < -0.4 is 0 Å². The van der Waals surface area contributed by atoms with Gasteiger partial charge < -0.3 is 0 Å². The van der Waals surface area contributed by atoms with Crippen molar-refractivity contribution in [2.45, 2.75) is 39.0 Å².